The van der Waals surface area contributed by atoms with E-state index in [0.29, 0.717) is 13.0 Å². The quantitative estimate of drug-likeness (QED) is 0.797. The maximum atomic E-state index is 12.3. The number of hydrogen-bond acceptors (Lipinski definition) is 2. The van der Waals surface area contributed by atoms with Gasteiger partial charge in [0, 0.05) is 23.8 Å². The van der Waals surface area contributed by atoms with E-state index in [-0.39, 0.29) is 12.7 Å². The summed E-state index contributed by atoms with van der Waals surface area (Å²) in [6, 6.07) is 0.0547. The summed E-state index contributed by atoms with van der Waals surface area (Å²) in [4.78, 5) is 0. The summed E-state index contributed by atoms with van der Waals surface area (Å²) < 4.78 is 14.2. The molecule has 1 heterocycles. The van der Waals surface area contributed by atoms with Crippen molar-refractivity contribution < 1.29 is 4.39 Å². The molecule has 0 aliphatic carbocycles. The van der Waals surface area contributed by atoms with Crippen LogP contribution in [-0.2, 0) is 19.4 Å². The van der Waals surface area contributed by atoms with Crippen LogP contribution in [0.25, 0.3) is 0 Å². The van der Waals surface area contributed by atoms with Gasteiger partial charge in [-0.3, -0.25) is 9.07 Å². The van der Waals surface area contributed by atoms with Gasteiger partial charge >= 0.3 is 0 Å². The summed E-state index contributed by atoms with van der Waals surface area (Å²) in [5, 5.41) is 4.58. The third-order valence-corrected chi connectivity index (χ3v) is 3.16. The van der Waals surface area contributed by atoms with Crippen LogP contribution in [-0.4, -0.2) is 16.5 Å². The van der Waals surface area contributed by atoms with Crippen molar-refractivity contribution in [1.29, 1.82) is 0 Å². The molecule has 0 aromatic carbocycles. The van der Waals surface area contributed by atoms with E-state index in [2.05, 4.69) is 25.9 Å². The van der Waals surface area contributed by atoms with Gasteiger partial charge in [0.2, 0.25) is 0 Å². The molecule has 98 valence electrons. The molecule has 1 aromatic rings. The second-order valence-electron chi connectivity index (χ2n) is 4.29. The molecule has 2 N–H and O–H groups in total. The van der Waals surface area contributed by atoms with E-state index in [1.807, 2.05) is 4.68 Å². The lowest BCUT2D eigenvalue weighted by Gasteiger charge is -2.12. The smallest absolute Gasteiger partial charge is 0.0912 e. The van der Waals surface area contributed by atoms with E-state index in [1.54, 1.807) is 0 Å². The molecular formula is C13H24FN3. The highest BCUT2D eigenvalue weighted by Gasteiger charge is 2.19. The van der Waals surface area contributed by atoms with Crippen LogP contribution >= 0.6 is 0 Å². The van der Waals surface area contributed by atoms with Gasteiger partial charge in [-0.25, -0.2) is 0 Å². The molecule has 0 spiro atoms. The molecule has 0 fully saturated rings. The normalized spacial score (nSPS) is 13.0. The number of aryl methyl sites for hydroxylation is 2. The van der Waals surface area contributed by atoms with Crippen LogP contribution in [0, 0.1) is 0 Å². The Morgan fingerprint density at radius 1 is 1.29 bits per heavy atom. The Labute approximate surface area is 103 Å². The zero-order valence-electron chi connectivity index (χ0n) is 11.2. The van der Waals surface area contributed by atoms with Gasteiger partial charge in [0.1, 0.15) is 0 Å². The predicted molar refractivity (Wildman–Crippen MR) is 68.8 cm³/mol. The van der Waals surface area contributed by atoms with Crippen molar-refractivity contribution in [1.82, 2.24) is 9.78 Å². The van der Waals surface area contributed by atoms with Crippen molar-refractivity contribution in [3.8, 4) is 0 Å². The lowest BCUT2D eigenvalue weighted by atomic mass is 10.00. The van der Waals surface area contributed by atoms with Crippen LogP contribution in [0.15, 0.2) is 0 Å². The second kappa shape index (κ2) is 6.74. The Hall–Kier alpha value is -0.900. The van der Waals surface area contributed by atoms with Crippen LogP contribution < -0.4 is 5.73 Å². The fourth-order valence-corrected chi connectivity index (χ4v) is 2.23. The van der Waals surface area contributed by atoms with Gasteiger partial charge < -0.3 is 5.73 Å². The van der Waals surface area contributed by atoms with Gasteiger partial charge in [0.25, 0.3) is 0 Å². The van der Waals surface area contributed by atoms with Crippen molar-refractivity contribution in [2.75, 3.05) is 6.67 Å². The zero-order valence-corrected chi connectivity index (χ0v) is 11.2. The van der Waals surface area contributed by atoms with Crippen LogP contribution in [0.2, 0.25) is 0 Å². The van der Waals surface area contributed by atoms with E-state index >= 15 is 0 Å². The molecule has 0 saturated carbocycles. The van der Waals surface area contributed by atoms with E-state index < -0.39 is 0 Å². The third-order valence-electron chi connectivity index (χ3n) is 3.16. The number of aromatic nitrogens is 2. The maximum Gasteiger partial charge on any atom is 0.0912 e. The number of nitrogens with zero attached hydrogens (tertiary/aromatic N) is 2. The maximum absolute atomic E-state index is 12.3. The van der Waals surface area contributed by atoms with Crippen molar-refractivity contribution in [3.05, 3.63) is 17.0 Å². The Bertz CT molecular complexity index is 347. The van der Waals surface area contributed by atoms with Gasteiger partial charge in [-0.1, -0.05) is 20.8 Å². The topological polar surface area (TPSA) is 43.8 Å². The molecule has 0 saturated heterocycles. The average molecular weight is 241 g/mol. The van der Waals surface area contributed by atoms with E-state index in [9.17, 15) is 4.39 Å². The molecule has 4 heteroatoms. The van der Waals surface area contributed by atoms with Crippen LogP contribution in [0.5, 0.6) is 0 Å². The first-order chi connectivity index (χ1) is 8.19. The van der Waals surface area contributed by atoms with E-state index in [1.165, 1.54) is 11.3 Å². The van der Waals surface area contributed by atoms with Crippen LogP contribution in [0.4, 0.5) is 4.39 Å². The summed E-state index contributed by atoms with van der Waals surface area (Å²) >= 11 is 0. The van der Waals surface area contributed by atoms with Crippen LogP contribution in [0.1, 0.15) is 56.6 Å². The number of nitrogens with two attached hydrogens (primary N) is 1. The number of halogens is 1. The molecule has 3 nitrogen and oxygen atoms in total. The van der Waals surface area contributed by atoms with E-state index in [0.717, 1.165) is 25.0 Å². The number of hydrogen-bond donors (Lipinski definition) is 1. The molecule has 1 aromatic heterocycles. The molecule has 0 amide bonds. The van der Waals surface area contributed by atoms with Gasteiger partial charge in [-0.05, 0) is 25.7 Å². The minimum atomic E-state index is -0.292. The minimum Gasteiger partial charge on any atom is -0.324 e. The molecule has 1 atom stereocenters. The second-order valence-corrected chi connectivity index (χ2v) is 4.29. The number of alkyl halides is 1. The molecule has 0 aliphatic heterocycles. The molecule has 0 aliphatic rings. The largest absolute Gasteiger partial charge is 0.324 e. The number of rotatable bonds is 7. The van der Waals surface area contributed by atoms with E-state index in [4.69, 9.17) is 5.73 Å². The van der Waals surface area contributed by atoms with Crippen molar-refractivity contribution in [3.63, 3.8) is 0 Å². The SMILES string of the molecule is CCc1nn(CCCF)c(CC)c1C(N)CC. The van der Waals surface area contributed by atoms with Crippen LogP contribution in [0.3, 0.4) is 0 Å². The molecule has 17 heavy (non-hydrogen) atoms. The lowest BCUT2D eigenvalue weighted by Crippen LogP contribution is -2.13. The highest BCUT2D eigenvalue weighted by Crippen LogP contribution is 2.24. The Kier molecular flexibility index (Phi) is 5.62. The fourth-order valence-electron chi connectivity index (χ4n) is 2.23. The first kappa shape index (κ1) is 14.2. The minimum absolute atomic E-state index is 0.0547. The highest BCUT2D eigenvalue weighted by molar-refractivity contribution is 5.30. The standard InChI is InChI=1S/C13H24FN3/c1-4-10(15)13-11(5-2)16-17(9-7-8-14)12(13)6-3/h10H,4-9,15H2,1-3H3. The Morgan fingerprint density at radius 3 is 2.47 bits per heavy atom. The highest BCUT2D eigenvalue weighted by atomic mass is 19.1. The van der Waals surface area contributed by atoms with Gasteiger partial charge in [-0.15, -0.1) is 0 Å². The van der Waals surface area contributed by atoms with Crippen molar-refractivity contribution in [2.45, 2.75) is 59.0 Å². The van der Waals surface area contributed by atoms with Crippen molar-refractivity contribution >= 4 is 0 Å². The Morgan fingerprint density at radius 2 is 2.00 bits per heavy atom. The average Bonchev–Trinajstić information content (AvgIpc) is 2.72. The first-order valence-corrected chi connectivity index (χ1v) is 6.59. The summed E-state index contributed by atoms with van der Waals surface area (Å²) in [5.41, 5.74) is 9.62. The molecule has 1 unspecified atom stereocenters. The van der Waals surface area contributed by atoms with Gasteiger partial charge in [-0.2, -0.15) is 5.10 Å². The lowest BCUT2D eigenvalue weighted by molar-refractivity contribution is 0.429. The first-order valence-electron chi connectivity index (χ1n) is 6.59. The van der Waals surface area contributed by atoms with Crippen molar-refractivity contribution in [2.24, 2.45) is 5.73 Å². The zero-order chi connectivity index (χ0) is 12.8. The van der Waals surface area contributed by atoms with Gasteiger partial charge in [0.05, 0.1) is 12.4 Å². The summed E-state index contributed by atoms with van der Waals surface area (Å²) in [7, 11) is 0. The fraction of sp³-hybridized carbons (Fsp3) is 0.769. The van der Waals surface area contributed by atoms with Gasteiger partial charge in [0.15, 0.2) is 0 Å². The molecular weight excluding hydrogens is 217 g/mol. The molecule has 0 bridgehead atoms. The molecule has 1 rings (SSSR count). The monoisotopic (exact) mass is 241 g/mol. The third kappa shape index (κ3) is 3.06. The molecule has 0 radical (unpaired) electrons. The Balaban J connectivity index is 3.11. The summed E-state index contributed by atoms with van der Waals surface area (Å²) in [6.45, 7) is 6.65. The predicted octanol–water partition coefficient (Wildman–Crippen LogP) is 2.78. The summed E-state index contributed by atoms with van der Waals surface area (Å²) in [6.07, 6.45) is 3.23. The summed E-state index contributed by atoms with van der Waals surface area (Å²) in [5.74, 6) is 0.